The summed E-state index contributed by atoms with van der Waals surface area (Å²) in [5.41, 5.74) is 1.66. The van der Waals surface area contributed by atoms with Crippen LogP contribution in [0.1, 0.15) is 45.1 Å². The summed E-state index contributed by atoms with van der Waals surface area (Å²) in [6.45, 7) is 7.44. The van der Waals surface area contributed by atoms with Gasteiger partial charge in [-0.1, -0.05) is 29.5 Å². The summed E-state index contributed by atoms with van der Waals surface area (Å²) in [6.07, 6.45) is 1.49. The Bertz CT molecular complexity index is 1850. The van der Waals surface area contributed by atoms with Gasteiger partial charge >= 0.3 is 5.97 Å². The van der Waals surface area contributed by atoms with Crippen molar-refractivity contribution in [1.82, 2.24) is 4.57 Å². The number of fused-ring (bicyclic) bond motifs is 1. The summed E-state index contributed by atoms with van der Waals surface area (Å²) in [5.74, 6) is 0.922. The maximum absolute atomic E-state index is 13.9. The van der Waals surface area contributed by atoms with Crippen molar-refractivity contribution in [3.63, 3.8) is 0 Å². The van der Waals surface area contributed by atoms with Gasteiger partial charge in [0.15, 0.2) is 4.80 Å². The normalized spacial score (nSPS) is 15.0. The zero-order chi connectivity index (χ0) is 29.3. The molecule has 41 heavy (non-hydrogen) atoms. The molecule has 2 aromatic carbocycles. The van der Waals surface area contributed by atoms with Crippen LogP contribution in [0, 0.1) is 10.1 Å². The van der Waals surface area contributed by atoms with Gasteiger partial charge in [-0.3, -0.25) is 19.5 Å². The van der Waals surface area contributed by atoms with Gasteiger partial charge in [0.1, 0.15) is 23.3 Å². The van der Waals surface area contributed by atoms with Gasteiger partial charge in [0, 0.05) is 29.3 Å². The number of allylic oxidation sites excluding steroid dienone is 1. The third-order valence-corrected chi connectivity index (χ3v) is 7.34. The number of thiazole rings is 1. The van der Waals surface area contributed by atoms with Crippen LogP contribution in [0.15, 0.2) is 86.1 Å². The molecule has 11 heteroatoms. The number of nitro groups is 1. The van der Waals surface area contributed by atoms with E-state index >= 15 is 0 Å². The number of nitrogens with zero attached hydrogens (tertiary/aromatic N) is 3. The van der Waals surface area contributed by atoms with Crippen molar-refractivity contribution in [2.24, 2.45) is 4.99 Å². The molecule has 0 amide bonds. The van der Waals surface area contributed by atoms with Crippen LogP contribution in [0.5, 0.6) is 5.75 Å². The third kappa shape index (κ3) is 5.48. The molecule has 0 fully saturated rings. The highest BCUT2D eigenvalue weighted by Crippen LogP contribution is 2.36. The van der Waals surface area contributed by atoms with Crippen LogP contribution in [0.4, 0.5) is 5.69 Å². The van der Waals surface area contributed by atoms with Crippen molar-refractivity contribution in [2.45, 2.75) is 39.8 Å². The number of nitro benzene ring substituents is 1. The molecule has 210 valence electrons. The monoisotopic (exact) mass is 573 g/mol. The number of non-ortho nitro benzene ring substituents is 1. The maximum Gasteiger partial charge on any atom is 0.338 e. The molecule has 0 saturated heterocycles. The van der Waals surface area contributed by atoms with E-state index in [2.05, 4.69) is 4.99 Å². The van der Waals surface area contributed by atoms with Crippen LogP contribution in [-0.4, -0.2) is 28.2 Å². The molecule has 0 radical (unpaired) electrons. The highest BCUT2D eigenvalue weighted by Gasteiger charge is 2.35. The molecule has 0 N–H and O–H groups in total. The summed E-state index contributed by atoms with van der Waals surface area (Å²) in [4.78, 5) is 42.6. The standard InChI is InChI=1S/C30H27N3O7S/c1-5-38-29(35)26-18(4)31-30-32(27(26)22-8-6-7-9-24(22)39-17(2)3)28(34)25(41-30)16-21-14-15-23(40-21)19-10-12-20(13-11-19)33(36)37/h6-17,27H,5H2,1-4H3/b25-16-/t27-/m0/s1. The first-order chi connectivity index (χ1) is 19.7. The number of hydrogen-bond acceptors (Lipinski definition) is 9. The van der Waals surface area contributed by atoms with Crippen LogP contribution in [-0.2, 0) is 9.53 Å². The Kier molecular flexibility index (Phi) is 7.71. The number of hydrogen-bond donors (Lipinski definition) is 0. The summed E-state index contributed by atoms with van der Waals surface area (Å²) < 4.78 is 19.2. The topological polar surface area (TPSA) is 126 Å². The lowest BCUT2D eigenvalue weighted by molar-refractivity contribution is -0.384. The molecule has 1 atom stereocenters. The first-order valence-corrected chi connectivity index (χ1v) is 13.8. The molecule has 0 aliphatic carbocycles. The first kappa shape index (κ1) is 27.8. The van der Waals surface area contributed by atoms with Gasteiger partial charge in [-0.05, 0) is 58.0 Å². The van der Waals surface area contributed by atoms with Crippen molar-refractivity contribution in [3.05, 3.63) is 113 Å². The number of carbonyl (C=O) groups excluding carboxylic acids is 1. The summed E-state index contributed by atoms with van der Waals surface area (Å²) in [6, 6.07) is 16.0. The van der Waals surface area contributed by atoms with Gasteiger partial charge in [0.25, 0.3) is 11.2 Å². The molecule has 1 aliphatic rings. The second-order valence-electron chi connectivity index (χ2n) is 9.51. The molecular weight excluding hydrogens is 546 g/mol. The van der Waals surface area contributed by atoms with Crippen LogP contribution in [0.2, 0.25) is 0 Å². The van der Waals surface area contributed by atoms with Gasteiger partial charge in [-0.2, -0.15) is 0 Å². The van der Waals surface area contributed by atoms with Crippen molar-refractivity contribution in [1.29, 1.82) is 0 Å². The van der Waals surface area contributed by atoms with Gasteiger partial charge in [0.2, 0.25) is 0 Å². The van der Waals surface area contributed by atoms with E-state index in [1.165, 1.54) is 28.0 Å². The number of aromatic nitrogens is 1. The average molecular weight is 574 g/mol. The minimum atomic E-state index is -0.810. The molecule has 4 aromatic rings. The molecule has 10 nitrogen and oxygen atoms in total. The summed E-state index contributed by atoms with van der Waals surface area (Å²) >= 11 is 1.18. The summed E-state index contributed by atoms with van der Waals surface area (Å²) in [7, 11) is 0. The molecule has 2 aromatic heterocycles. The van der Waals surface area contributed by atoms with Crippen molar-refractivity contribution in [2.75, 3.05) is 6.61 Å². The molecular formula is C30H27N3O7S. The molecule has 0 saturated carbocycles. The van der Waals surface area contributed by atoms with Gasteiger partial charge in [-0.15, -0.1) is 0 Å². The van der Waals surface area contributed by atoms with Crippen molar-refractivity contribution < 1.29 is 23.6 Å². The van der Waals surface area contributed by atoms with Gasteiger partial charge < -0.3 is 13.9 Å². The number of esters is 1. The molecule has 0 spiro atoms. The Balaban J connectivity index is 1.63. The number of para-hydroxylation sites is 1. The number of ether oxygens (including phenoxy) is 2. The van der Waals surface area contributed by atoms with Crippen LogP contribution in [0.25, 0.3) is 17.4 Å². The molecule has 0 bridgehead atoms. The van der Waals surface area contributed by atoms with Gasteiger partial charge in [-0.25, -0.2) is 9.79 Å². The van der Waals surface area contributed by atoms with Gasteiger partial charge in [0.05, 0.1) is 33.4 Å². The zero-order valence-corrected chi connectivity index (χ0v) is 23.6. The van der Waals surface area contributed by atoms with Crippen LogP contribution >= 0.6 is 11.3 Å². The fourth-order valence-electron chi connectivity index (χ4n) is 4.62. The minimum Gasteiger partial charge on any atom is -0.491 e. The van der Waals surface area contributed by atoms with E-state index in [0.717, 1.165) is 0 Å². The predicted molar refractivity (Wildman–Crippen MR) is 153 cm³/mol. The lowest BCUT2D eigenvalue weighted by atomic mass is 9.95. The lowest BCUT2D eigenvalue weighted by Crippen LogP contribution is -2.40. The number of benzene rings is 2. The highest BCUT2D eigenvalue weighted by molar-refractivity contribution is 7.07. The fourth-order valence-corrected chi connectivity index (χ4v) is 5.64. The van der Waals surface area contributed by atoms with Crippen molar-refractivity contribution in [3.8, 4) is 17.1 Å². The van der Waals surface area contributed by atoms with Crippen LogP contribution < -0.4 is 19.6 Å². The minimum absolute atomic E-state index is 0.0194. The van der Waals surface area contributed by atoms with E-state index in [4.69, 9.17) is 13.9 Å². The Hall–Kier alpha value is -4.77. The largest absolute Gasteiger partial charge is 0.491 e. The summed E-state index contributed by atoms with van der Waals surface area (Å²) in [5, 5.41) is 11.0. The third-order valence-electron chi connectivity index (χ3n) is 6.36. The lowest BCUT2D eigenvalue weighted by Gasteiger charge is -2.26. The van der Waals surface area contributed by atoms with Crippen molar-refractivity contribution >= 4 is 29.1 Å². The smallest absolute Gasteiger partial charge is 0.338 e. The SMILES string of the molecule is CCOC(=O)C1=C(C)N=c2s/c(=C\c3ccc(-c4ccc([N+](=O)[O-])cc4)o3)c(=O)n2[C@H]1c1ccccc1OC(C)C. The fraction of sp³-hybridized carbons (Fsp3) is 0.233. The number of furan rings is 1. The molecule has 0 unspecified atom stereocenters. The molecule has 5 rings (SSSR count). The second-order valence-corrected chi connectivity index (χ2v) is 10.5. The van der Waals surface area contributed by atoms with E-state index in [1.54, 1.807) is 44.2 Å². The first-order valence-electron chi connectivity index (χ1n) is 13.0. The Morgan fingerprint density at radius 1 is 1.17 bits per heavy atom. The zero-order valence-electron chi connectivity index (χ0n) is 22.8. The quantitative estimate of drug-likeness (QED) is 0.169. The molecule has 1 aliphatic heterocycles. The average Bonchev–Trinajstić information content (AvgIpc) is 3.52. The number of carbonyl (C=O) groups is 1. The second kappa shape index (κ2) is 11.4. The van der Waals surface area contributed by atoms with E-state index in [9.17, 15) is 19.7 Å². The van der Waals surface area contributed by atoms with E-state index < -0.39 is 16.9 Å². The van der Waals surface area contributed by atoms with E-state index in [-0.39, 0.29) is 29.5 Å². The van der Waals surface area contributed by atoms with E-state index in [0.29, 0.717) is 43.4 Å². The Morgan fingerprint density at radius 2 is 1.90 bits per heavy atom. The Morgan fingerprint density at radius 3 is 2.59 bits per heavy atom. The van der Waals surface area contributed by atoms with Crippen LogP contribution in [0.3, 0.4) is 0 Å². The number of rotatable bonds is 8. The maximum atomic E-state index is 13.9. The predicted octanol–water partition coefficient (Wildman–Crippen LogP) is 4.75. The van der Waals surface area contributed by atoms with E-state index in [1.807, 2.05) is 38.1 Å². The highest BCUT2D eigenvalue weighted by atomic mass is 32.1. The molecule has 3 heterocycles. The Labute approximate surface area is 238 Å².